The quantitative estimate of drug-likeness (QED) is 0.333. The lowest BCUT2D eigenvalue weighted by molar-refractivity contribution is -0.460. The molecular formula is C18H11Cl2F10N3O6. The number of alkyl halides is 10. The van der Waals surface area contributed by atoms with Gasteiger partial charge in [-0.1, -0.05) is 23.2 Å². The summed E-state index contributed by atoms with van der Waals surface area (Å²) in [5, 5.41) is -0.166. The van der Waals surface area contributed by atoms with Crippen LogP contribution in [0, 0.1) is 5.92 Å². The predicted octanol–water partition coefficient (Wildman–Crippen LogP) is 4.67. The zero-order valence-electron chi connectivity index (χ0n) is 18.7. The van der Waals surface area contributed by atoms with Gasteiger partial charge < -0.3 is 10.1 Å². The topological polar surface area (TPSA) is 105 Å². The molecular weight excluding hydrogens is 615 g/mol. The first kappa shape index (κ1) is 32.2. The summed E-state index contributed by atoms with van der Waals surface area (Å²) < 4.78 is 136. The van der Waals surface area contributed by atoms with Crippen LogP contribution in [0.15, 0.2) is 12.1 Å². The average Bonchev–Trinajstić information content (AvgIpc) is 2.77. The molecule has 1 atom stereocenters. The number of hydrogen-bond donors (Lipinski definition) is 1. The van der Waals surface area contributed by atoms with Crippen molar-refractivity contribution in [1.82, 2.24) is 9.80 Å². The highest BCUT2D eigenvalue weighted by atomic mass is 35.5. The van der Waals surface area contributed by atoms with Gasteiger partial charge in [-0.25, -0.2) is 9.18 Å². The minimum atomic E-state index is -7.09. The third kappa shape index (κ3) is 6.08. The highest BCUT2D eigenvalue weighted by Gasteiger charge is 2.76. The molecule has 1 saturated heterocycles. The maximum Gasteiger partial charge on any atom is 0.462 e. The molecule has 1 N–H and O–H groups in total. The highest BCUT2D eigenvalue weighted by Crippen LogP contribution is 2.49. The lowest BCUT2D eigenvalue weighted by Crippen LogP contribution is -2.59. The van der Waals surface area contributed by atoms with Gasteiger partial charge in [0, 0.05) is 19.8 Å². The third-order valence-electron chi connectivity index (χ3n) is 4.73. The number of benzene rings is 1. The fourth-order valence-corrected chi connectivity index (χ4v) is 3.26. The molecule has 1 fully saturated rings. The van der Waals surface area contributed by atoms with Crippen LogP contribution in [-0.4, -0.2) is 78.3 Å². The van der Waals surface area contributed by atoms with Crippen LogP contribution in [0.4, 0.5) is 54.4 Å². The first-order valence-corrected chi connectivity index (χ1v) is 10.3. The van der Waals surface area contributed by atoms with E-state index in [4.69, 9.17) is 23.2 Å². The molecule has 218 valence electrons. The first-order chi connectivity index (χ1) is 17.5. The van der Waals surface area contributed by atoms with Crippen LogP contribution >= 0.6 is 23.2 Å². The fraction of sp³-hybridized carbons (Fsp3) is 0.444. The van der Waals surface area contributed by atoms with E-state index >= 15 is 0 Å². The van der Waals surface area contributed by atoms with Gasteiger partial charge in [-0.15, -0.1) is 0 Å². The predicted molar refractivity (Wildman–Crippen MR) is 107 cm³/mol. The standard InChI is InChI=1S/C18H11Cl2F10N3O6/c1-32-11(35)8(12(36)33(2)14(32)37)10(34)31-5-3-6(19)9(7(20)4-5)38-15(22,23)13(21)39-18(29,30)16(24,25)17(26,27)28/h3-4,8,13H,1-2H3,(H,31,34). The van der Waals surface area contributed by atoms with Gasteiger partial charge in [0.05, 0.1) is 10.0 Å². The zero-order valence-corrected chi connectivity index (χ0v) is 20.2. The van der Waals surface area contributed by atoms with E-state index in [9.17, 15) is 63.1 Å². The molecule has 1 aromatic carbocycles. The molecule has 1 aliphatic rings. The number of barbiturate groups is 1. The molecule has 1 unspecified atom stereocenters. The van der Waals surface area contributed by atoms with Crippen molar-refractivity contribution >= 4 is 52.6 Å². The van der Waals surface area contributed by atoms with E-state index in [0.29, 0.717) is 21.9 Å². The lowest BCUT2D eigenvalue weighted by atomic mass is 10.0. The van der Waals surface area contributed by atoms with E-state index in [1.54, 1.807) is 0 Å². The summed E-state index contributed by atoms with van der Waals surface area (Å²) in [6.07, 6.45) is -24.5. The molecule has 0 radical (unpaired) electrons. The summed E-state index contributed by atoms with van der Waals surface area (Å²) in [6.45, 7) is 0. The van der Waals surface area contributed by atoms with Crippen molar-refractivity contribution in [2.45, 2.75) is 30.7 Å². The summed E-state index contributed by atoms with van der Waals surface area (Å²) in [6, 6.07) is 0.0129. The van der Waals surface area contributed by atoms with Crippen LogP contribution in [0.3, 0.4) is 0 Å². The van der Waals surface area contributed by atoms with Crippen molar-refractivity contribution in [1.29, 1.82) is 0 Å². The van der Waals surface area contributed by atoms with Crippen molar-refractivity contribution < 1.29 is 72.6 Å². The van der Waals surface area contributed by atoms with Gasteiger partial charge in [0.25, 0.3) is 11.8 Å². The molecule has 0 spiro atoms. The lowest BCUT2D eigenvalue weighted by Gasteiger charge is -2.32. The van der Waals surface area contributed by atoms with Crippen molar-refractivity contribution in [2.24, 2.45) is 5.92 Å². The van der Waals surface area contributed by atoms with E-state index in [1.165, 1.54) is 0 Å². The maximum atomic E-state index is 13.9. The van der Waals surface area contributed by atoms with Gasteiger partial charge in [0.1, 0.15) is 0 Å². The number of amides is 5. The Balaban J connectivity index is 2.25. The second-order valence-corrected chi connectivity index (χ2v) is 8.27. The van der Waals surface area contributed by atoms with Gasteiger partial charge >= 0.3 is 36.7 Å². The minimum absolute atomic E-state index is 0.439. The van der Waals surface area contributed by atoms with Crippen LogP contribution in [0.25, 0.3) is 0 Å². The van der Waals surface area contributed by atoms with Crippen LogP contribution in [0.2, 0.25) is 10.0 Å². The SMILES string of the molecule is CN1C(=O)C(C(=O)Nc2cc(Cl)c(OC(F)(F)C(F)OC(F)(F)C(F)(F)C(F)(F)F)c(Cl)c2)C(=O)N(C)C1=O. The number of imide groups is 2. The van der Waals surface area contributed by atoms with E-state index in [1.807, 2.05) is 5.32 Å². The number of carbonyl (C=O) groups is 4. The van der Waals surface area contributed by atoms with E-state index < -0.39 is 81.8 Å². The Morgan fingerprint density at radius 1 is 0.923 bits per heavy atom. The number of ether oxygens (including phenoxy) is 2. The molecule has 39 heavy (non-hydrogen) atoms. The maximum absolute atomic E-state index is 13.9. The number of hydrogen-bond acceptors (Lipinski definition) is 6. The van der Waals surface area contributed by atoms with Gasteiger partial charge in [-0.2, -0.15) is 39.5 Å². The Hall–Kier alpha value is -3.06. The van der Waals surface area contributed by atoms with Gasteiger partial charge in [-0.3, -0.25) is 28.9 Å². The number of urea groups is 1. The van der Waals surface area contributed by atoms with Crippen LogP contribution in [0.5, 0.6) is 5.75 Å². The fourth-order valence-electron chi connectivity index (χ4n) is 2.69. The smallest absolute Gasteiger partial charge is 0.425 e. The molecule has 5 amide bonds. The van der Waals surface area contributed by atoms with E-state index in [-0.39, 0.29) is 0 Å². The number of halogens is 12. The van der Waals surface area contributed by atoms with Crippen molar-refractivity contribution in [3.63, 3.8) is 0 Å². The summed E-state index contributed by atoms with van der Waals surface area (Å²) in [7, 11) is 1.91. The molecule has 0 aromatic heterocycles. The third-order valence-corrected chi connectivity index (χ3v) is 5.29. The number of carbonyl (C=O) groups excluding carboxylic acids is 4. The largest absolute Gasteiger partial charge is 0.462 e. The van der Waals surface area contributed by atoms with Crippen molar-refractivity contribution in [3.8, 4) is 5.75 Å². The molecule has 21 heteroatoms. The van der Waals surface area contributed by atoms with E-state index in [0.717, 1.165) is 14.1 Å². The Kier molecular flexibility index (Phi) is 8.65. The number of rotatable bonds is 8. The van der Waals surface area contributed by atoms with Gasteiger partial charge in [0.15, 0.2) is 11.7 Å². The van der Waals surface area contributed by atoms with E-state index in [2.05, 4.69) is 9.47 Å². The Labute approximate surface area is 219 Å². The Bertz CT molecular complexity index is 1150. The zero-order chi connectivity index (χ0) is 30.5. The Morgan fingerprint density at radius 3 is 1.77 bits per heavy atom. The summed E-state index contributed by atoms with van der Waals surface area (Å²) in [5.41, 5.74) is -0.530. The average molecular weight is 626 g/mol. The second-order valence-electron chi connectivity index (χ2n) is 7.46. The molecule has 0 saturated carbocycles. The molecule has 1 aliphatic heterocycles. The number of nitrogens with one attached hydrogen (secondary N) is 1. The van der Waals surface area contributed by atoms with Crippen LogP contribution in [0.1, 0.15) is 0 Å². The molecule has 1 aromatic rings. The first-order valence-electron chi connectivity index (χ1n) is 9.56. The van der Waals surface area contributed by atoms with Crippen molar-refractivity contribution in [3.05, 3.63) is 22.2 Å². The molecule has 2 rings (SSSR count). The van der Waals surface area contributed by atoms with Gasteiger partial charge in [0.2, 0.25) is 5.91 Å². The molecule has 0 bridgehead atoms. The van der Waals surface area contributed by atoms with Crippen LogP contribution < -0.4 is 10.1 Å². The molecule has 0 aliphatic carbocycles. The normalized spacial score (nSPS) is 17.0. The Morgan fingerprint density at radius 2 is 1.36 bits per heavy atom. The second kappa shape index (κ2) is 10.5. The van der Waals surface area contributed by atoms with Gasteiger partial charge in [-0.05, 0) is 12.1 Å². The molecule has 1 heterocycles. The summed E-state index contributed by atoms with van der Waals surface area (Å²) >= 11 is 11.3. The van der Waals surface area contributed by atoms with Crippen LogP contribution in [-0.2, 0) is 19.1 Å². The minimum Gasteiger partial charge on any atom is -0.425 e. The summed E-state index contributed by atoms with van der Waals surface area (Å²) in [5.74, 6) is -14.5. The van der Waals surface area contributed by atoms with Crippen molar-refractivity contribution in [2.75, 3.05) is 19.4 Å². The highest BCUT2D eigenvalue weighted by molar-refractivity contribution is 6.38. The monoisotopic (exact) mass is 625 g/mol. The number of anilines is 1. The number of nitrogens with zero attached hydrogens (tertiary/aromatic N) is 2. The molecule has 9 nitrogen and oxygen atoms in total. The summed E-state index contributed by atoms with van der Waals surface area (Å²) in [4.78, 5) is 49.4.